The molecule has 0 unspecified atom stereocenters. The summed E-state index contributed by atoms with van der Waals surface area (Å²) in [4.78, 5) is 11.7. The molecule has 1 aliphatic rings. The molecular formula is C14H12N2O2. The average molecular weight is 240 g/mol. The Bertz CT molecular complexity index is 580. The molecule has 1 aromatic carbocycles. The van der Waals surface area contributed by atoms with Gasteiger partial charge >= 0.3 is 5.97 Å². The lowest BCUT2D eigenvalue weighted by atomic mass is 9.99. The summed E-state index contributed by atoms with van der Waals surface area (Å²) in [6.45, 7) is 1.95. The van der Waals surface area contributed by atoms with Gasteiger partial charge in [-0.2, -0.15) is 5.26 Å². The van der Waals surface area contributed by atoms with Gasteiger partial charge in [0.15, 0.2) is 5.57 Å². The molecule has 90 valence electrons. The van der Waals surface area contributed by atoms with Crippen molar-refractivity contribution in [2.75, 3.05) is 6.61 Å². The number of nitriles is 1. The van der Waals surface area contributed by atoms with Crippen molar-refractivity contribution in [3.8, 4) is 6.07 Å². The highest BCUT2D eigenvalue weighted by Crippen LogP contribution is 2.25. The van der Waals surface area contributed by atoms with E-state index in [0.29, 0.717) is 5.70 Å². The maximum Gasteiger partial charge on any atom is 0.351 e. The fourth-order valence-corrected chi connectivity index (χ4v) is 1.78. The van der Waals surface area contributed by atoms with E-state index in [0.717, 1.165) is 11.1 Å². The predicted octanol–water partition coefficient (Wildman–Crippen LogP) is 2.06. The number of carbonyl (C=O) groups is 1. The Balaban J connectivity index is 2.53. The molecule has 4 heteroatoms. The highest BCUT2D eigenvalue weighted by atomic mass is 16.5. The molecule has 1 heterocycles. The number of nitrogens with zero attached hydrogens (tertiary/aromatic N) is 1. The fourth-order valence-electron chi connectivity index (χ4n) is 1.78. The number of ether oxygens (including phenoxy) is 1. The summed E-state index contributed by atoms with van der Waals surface area (Å²) < 4.78 is 4.88. The molecule has 1 aromatic rings. The Hall–Kier alpha value is -2.54. The van der Waals surface area contributed by atoms with Gasteiger partial charge in [0, 0.05) is 11.8 Å². The van der Waals surface area contributed by atoms with Crippen molar-refractivity contribution in [3.05, 3.63) is 47.2 Å². The van der Waals surface area contributed by atoms with E-state index in [1.54, 1.807) is 13.1 Å². The van der Waals surface area contributed by atoms with Gasteiger partial charge in [0.25, 0.3) is 0 Å². The topological polar surface area (TPSA) is 62.1 Å². The molecule has 18 heavy (non-hydrogen) atoms. The van der Waals surface area contributed by atoms with Crippen molar-refractivity contribution < 1.29 is 9.53 Å². The molecule has 0 aromatic heterocycles. The van der Waals surface area contributed by atoms with Gasteiger partial charge in [0.2, 0.25) is 0 Å². The Labute approximate surface area is 105 Å². The number of carbonyl (C=O) groups excluding carboxylic acids is 1. The van der Waals surface area contributed by atoms with Gasteiger partial charge in [-0.15, -0.1) is 0 Å². The monoisotopic (exact) mass is 240 g/mol. The first kappa shape index (κ1) is 11.9. The maximum absolute atomic E-state index is 11.7. The number of hydrogen-bond donors (Lipinski definition) is 1. The third-order valence-electron chi connectivity index (χ3n) is 2.56. The summed E-state index contributed by atoms with van der Waals surface area (Å²) in [7, 11) is 0. The zero-order valence-electron chi connectivity index (χ0n) is 9.93. The molecule has 0 spiro atoms. The third-order valence-corrected chi connectivity index (χ3v) is 2.56. The van der Waals surface area contributed by atoms with Gasteiger partial charge in [-0.1, -0.05) is 24.3 Å². The number of esters is 1. The van der Waals surface area contributed by atoms with E-state index in [9.17, 15) is 4.79 Å². The summed E-state index contributed by atoms with van der Waals surface area (Å²) in [5, 5.41) is 12.1. The molecule has 0 aliphatic carbocycles. The SMILES string of the molecule is CCOC(=O)/C(C#N)=C1\NC=Cc2ccccc21. The summed E-state index contributed by atoms with van der Waals surface area (Å²) in [6, 6.07) is 9.45. The number of nitrogens with one attached hydrogen (secondary N) is 1. The Morgan fingerprint density at radius 2 is 2.22 bits per heavy atom. The van der Waals surface area contributed by atoms with E-state index in [1.165, 1.54) is 0 Å². The number of hydrogen-bond acceptors (Lipinski definition) is 4. The van der Waals surface area contributed by atoms with Crippen LogP contribution in [0.2, 0.25) is 0 Å². The van der Waals surface area contributed by atoms with Gasteiger partial charge in [-0.3, -0.25) is 0 Å². The Morgan fingerprint density at radius 1 is 1.44 bits per heavy atom. The number of fused-ring (bicyclic) bond motifs is 1. The first-order valence-corrected chi connectivity index (χ1v) is 5.62. The van der Waals surface area contributed by atoms with Crippen LogP contribution in [0.5, 0.6) is 0 Å². The predicted molar refractivity (Wildman–Crippen MR) is 67.8 cm³/mol. The molecular weight excluding hydrogens is 228 g/mol. The molecule has 0 saturated carbocycles. The minimum atomic E-state index is -0.604. The molecule has 0 amide bonds. The van der Waals surface area contributed by atoms with Crippen LogP contribution in [0.3, 0.4) is 0 Å². The van der Waals surface area contributed by atoms with Crippen LogP contribution >= 0.6 is 0 Å². The minimum absolute atomic E-state index is 0.00588. The van der Waals surface area contributed by atoms with E-state index in [1.807, 2.05) is 36.4 Å². The standard InChI is InChI=1S/C14H12N2O2/c1-2-18-14(17)12(9-15)13-11-6-4-3-5-10(11)7-8-16-13/h3-8,16H,2H2,1H3/b13-12-. The minimum Gasteiger partial charge on any atom is -0.462 e. The molecule has 0 saturated heterocycles. The van der Waals surface area contributed by atoms with Crippen LogP contribution in [0.25, 0.3) is 11.8 Å². The van der Waals surface area contributed by atoms with Crippen LogP contribution in [-0.2, 0) is 9.53 Å². The molecule has 1 aliphatic heterocycles. The third kappa shape index (κ3) is 2.11. The first-order chi connectivity index (χ1) is 8.77. The summed E-state index contributed by atoms with van der Waals surface area (Å²) >= 11 is 0. The van der Waals surface area contributed by atoms with Crippen molar-refractivity contribution in [2.24, 2.45) is 0 Å². The summed E-state index contributed by atoms with van der Waals surface area (Å²) in [6.07, 6.45) is 3.59. The van der Waals surface area contributed by atoms with Crippen LogP contribution in [-0.4, -0.2) is 12.6 Å². The van der Waals surface area contributed by atoms with E-state index < -0.39 is 5.97 Å². The Kier molecular flexibility index (Phi) is 3.44. The largest absolute Gasteiger partial charge is 0.462 e. The van der Waals surface area contributed by atoms with Gasteiger partial charge < -0.3 is 10.1 Å². The molecule has 0 bridgehead atoms. The second-order valence-electron chi connectivity index (χ2n) is 3.65. The van der Waals surface area contributed by atoms with Gasteiger partial charge in [0.1, 0.15) is 6.07 Å². The van der Waals surface area contributed by atoms with Crippen LogP contribution in [0.1, 0.15) is 18.1 Å². The Morgan fingerprint density at radius 3 is 2.94 bits per heavy atom. The molecule has 0 fully saturated rings. The average Bonchev–Trinajstić information content (AvgIpc) is 2.40. The normalized spacial score (nSPS) is 15.1. The lowest BCUT2D eigenvalue weighted by molar-refractivity contribution is -0.137. The number of benzene rings is 1. The summed E-state index contributed by atoms with van der Waals surface area (Å²) in [5.74, 6) is -0.604. The highest BCUT2D eigenvalue weighted by Gasteiger charge is 2.20. The first-order valence-electron chi connectivity index (χ1n) is 5.62. The molecule has 1 N–H and O–H groups in total. The van der Waals surface area contributed by atoms with E-state index in [2.05, 4.69) is 5.32 Å². The fraction of sp³-hybridized carbons (Fsp3) is 0.143. The lowest BCUT2D eigenvalue weighted by Gasteiger charge is -2.16. The quantitative estimate of drug-likeness (QED) is 0.488. The van der Waals surface area contributed by atoms with Crippen molar-refractivity contribution in [1.29, 1.82) is 5.26 Å². The molecule has 4 nitrogen and oxygen atoms in total. The second kappa shape index (κ2) is 5.19. The zero-order valence-corrected chi connectivity index (χ0v) is 9.93. The lowest BCUT2D eigenvalue weighted by Crippen LogP contribution is -2.17. The van der Waals surface area contributed by atoms with Crippen molar-refractivity contribution in [2.45, 2.75) is 6.92 Å². The van der Waals surface area contributed by atoms with Crippen molar-refractivity contribution in [1.82, 2.24) is 5.32 Å². The summed E-state index contributed by atoms with van der Waals surface area (Å²) in [5.41, 5.74) is 2.27. The van der Waals surface area contributed by atoms with Gasteiger partial charge in [-0.05, 0) is 18.6 Å². The second-order valence-corrected chi connectivity index (χ2v) is 3.65. The van der Waals surface area contributed by atoms with Gasteiger partial charge in [-0.25, -0.2) is 4.79 Å². The van der Waals surface area contributed by atoms with Crippen LogP contribution in [0, 0.1) is 11.3 Å². The molecule has 0 radical (unpaired) electrons. The van der Waals surface area contributed by atoms with E-state index >= 15 is 0 Å². The van der Waals surface area contributed by atoms with Crippen LogP contribution in [0.15, 0.2) is 36.0 Å². The zero-order chi connectivity index (χ0) is 13.0. The van der Waals surface area contributed by atoms with Crippen LogP contribution in [0.4, 0.5) is 0 Å². The van der Waals surface area contributed by atoms with Crippen LogP contribution < -0.4 is 5.32 Å². The maximum atomic E-state index is 11.7. The van der Waals surface area contributed by atoms with Crippen molar-refractivity contribution in [3.63, 3.8) is 0 Å². The molecule has 2 rings (SSSR count). The highest BCUT2D eigenvalue weighted by molar-refractivity contribution is 6.02. The van der Waals surface area contributed by atoms with Gasteiger partial charge in [0.05, 0.1) is 12.3 Å². The van der Waals surface area contributed by atoms with Crippen molar-refractivity contribution >= 4 is 17.7 Å². The van der Waals surface area contributed by atoms with E-state index in [-0.39, 0.29) is 12.2 Å². The number of rotatable bonds is 2. The molecule has 0 atom stereocenters. The smallest absolute Gasteiger partial charge is 0.351 e. The van der Waals surface area contributed by atoms with E-state index in [4.69, 9.17) is 10.00 Å².